The first-order valence-corrected chi connectivity index (χ1v) is 9.16. The number of H-pyrrole nitrogens is 1. The summed E-state index contributed by atoms with van der Waals surface area (Å²) in [6, 6.07) is 15.5. The number of para-hydroxylation sites is 2. The maximum absolute atomic E-state index is 11.9. The first-order valence-electron chi connectivity index (χ1n) is 7.79. The zero-order valence-electron chi connectivity index (χ0n) is 13.1. The number of hydrogen-bond donors (Lipinski definition) is 2. The van der Waals surface area contributed by atoms with Gasteiger partial charge in [0.15, 0.2) is 0 Å². The van der Waals surface area contributed by atoms with Crippen molar-refractivity contribution in [2.75, 3.05) is 12.3 Å². The number of imidazole rings is 1. The molecule has 0 aliphatic heterocycles. The summed E-state index contributed by atoms with van der Waals surface area (Å²) in [5.74, 6) is 1.41. The second-order valence-electron chi connectivity index (χ2n) is 5.40. The Labute approximate surface area is 150 Å². The van der Waals surface area contributed by atoms with Crippen LogP contribution in [0.3, 0.4) is 0 Å². The number of nitrogens with zero attached hydrogens (tertiary/aromatic N) is 1. The molecule has 0 fully saturated rings. The van der Waals surface area contributed by atoms with Crippen molar-refractivity contribution in [2.24, 2.45) is 0 Å². The van der Waals surface area contributed by atoms with Crippen LogP contribution in [0.25, 0.3) is 11.0 Å². The molecule has 1 amide bonds. The van der Waals surface area contributed by atoms with Crippen molar-refractivity contribution in [1.82, 2.24) is 15.3 Å². The van der Waals surface area contributed by atoms with Crippen LogP contribution in [-0.4, -0.2) is 28.2 Å². The normalized spacial score (nSPS) is 10.9. The summed E-state index contributed by atoms with van der Waals surface area (Å²) in [4.78, 5) is 20.7. The minimum absolute atomic E-state index is 0.0413. The Hall–Kier alpha value is -1.98. The van der Waals surface area contributed by atoms with Gasteiger partial charge in [-0.15, -0.1) is 11.8 Å². The van der Waals surface area contributed by atoms with Gasteiger partial charge >= 0.3 is 0 Å². The molecular weight excluding hydrogens is 342 g/mol. The molecule has 0 unspecified atom stereocenters. The molecule has 124 valence electrons. The van der Waals surface area contributed by atoms with Gasteiger partial charge < -0.3 is 10.3 Å². The minimum Gasteiger partial charge on any atom is -0.355 e. The highest BCUT2D eigenvalue weighted by Gasteiger charge is 2.04. The smallest absolute Gasteiger partial charge is 0.230 e. The first-order chi connectivity index (χ1) is 11.7. The number of carbonyl (C=O) groups excluding carboxylic acids is 1. The summed E-state index contributed by atoms with van der Waals surface area (Å²) < 4.78 is 0. The van der Waals surface area contributed by atoms with Crippen molar-refractivity contribution in [2.45, 2.75) is 17.7 Å². The van der Waals surface area contributed by atoms with E-state index in [1.807, 2.05) is 48.5 Å². The predicted molar refractivity (Wildman–Crippen MR) is 99.6 cm³/mol. The summed E-state index contributed by atoms with van der Waals surface area (Å²) in [7, 11) is 0. The molecule has 1 heterocycles. The molecule has 0 radical (unpaired) electrons. The second kappa shape index (κ2) is 8.22. The number of nitrogens with one attached hydrogen (secondary N) is 2. The number of carbonyl (C=O) groups is 1. The Morgan fingerprint density at radius 2 is 1.96 bits per heavy atom. The van der Waals surface area contributed by atoms with E-state index in [0.717, 1.165) is 34.6 Å². The molecule has 6 heteroatoms. The topological polar surface area (TPSA) is 57.8 Å². The Kier molecular flexibility index (Phi) is 5.77. The Balaban J connectivity index is 1.36. The van der Waals surface area contributed by atoms with Gasteiger partial charge in [0, 0.05) is 22.9 Å². The largest absolute Gasteiger partial charge is 0.355 e. The minimum atomic E-state index is 0.0413. The van der Waals surface area contributed by atoms with Crippen LogP contribution < -0.4 is 5.32 Å². The van der Waals surface area contributed by atoms with E-state index in [4.69, 9.17) is 11.6 Å². The number of aromatic amines is 1. The monoisotopic (exact) mass is 359 g/mol. The number of aryl methyl sites for hydroxylation is 1. The summed E-state index contributed by atoms with van der Waals surface area (Å²) in [6.07, 6.45) is 1.68. The van der Waals surface area contributed by atoms with Crippen molar-refractivity contribution < 1.29 is 4.79 Å². The highest BCUT2D eigenvalue weighted by Crippen LogP contribution is 2.19. The lowest BCUT2D eigenvalue weighted by Gasteiger charge is -2.04. The van der Waals surface area contributed by atoms with E-state index in [1.54, 1.807) is 0 Å². The predicted octanol–water partition coefficient (Wildman–Crippen LogP) is 4.06. The molecule has 4 nitrogen and oxygen atoms in total. The summed E-state index contributed by atoms with van der Waals surface area (Å²) in [5.41, 5.74) is 2.03. The molecule has 3 aromatic rings. The van der Waals surface area contributed by atoms with Gasteiger partial charge in [-0.25, -0.2) is 4.98 Å². The standard InChI is InChI=1S/C18H18ClN3OS/c19-13-7-9-14(10-8-13)24-12-18(23)20-11-3-6-17-21-15-4-1-2-5-16(15)22-17/h1-2,4-5,7-10H,3,6,11-12H2,(H,20,23)(H,21,22). The van der Waals surface area contributed by atoms with Crippen LogP contribution in [0, 0.1) is 0 Å². The number of aromatic nitrogens is 2. The molecule has 3 rings (SSSR count). The van der Waals surface area contributed by atoms with E-state index in [0.29, 0.717) is 17.3 Å². The van der Waals surface area contributed by atoms with Gasteiger partial charge in [-0.1, -0.05) is 23.7 Å². The van der Waals surface area contributed by atoms with Gasteiger partial charge in [-0.2, -0.15) is 0 Å². The SMILES string of the molecule is O=C(CSc1ccc(Cl)cc1)NCCCc1nc2ccccc2[nH]1. The molecule has 1 aromatic heterocycles. The second-order valence-corrected chi connectivity index (χ2v) is 6.88. The van der Waals surface area contributed by atoms with Crippen molar-refractivity contribution in [3.63, 3.8) is 0 Å². The zero-order chi connectivity index (χ0) is 16.8. The van der Waals surface area contributed by atoms with Gasteiger partial charge in [-0.05, 0) is 42.8 Å². The van der Waals surface area contributed by atoms with Crippen molar-refractivity contribution in [3.8, 4) is 0 Å². The molecule has 0 saturated carbocycles. The molecule has 0 aliphatic carbocycles. The third-order valence-electron chi connectivity index (χ3n) is 3.53. The number of thioether (sulfide) groups is 1. The highest BCUT2D eigenvalue weighted by molar-refractivity contribution is 8.00. The molecule has 0 bridgehead atoms. The summed E-state index contributed by atoms with van der Waals surface area (Å²) in [5, 5.41) is 3.64. The van der Waals surface area contributed by atoms with E-state index in [1.165, 1.54) is 11.8 Å². The van der Waals surface area contributed by atoms with E-state index in [-0.39, 0.29) is 5.91 Å². The molecule has 0 aliphatic rings. The quantitative estimate of drug-likeness (QED) is 0.494. The number of amides is 1. The number of rotatable bonds is 7. The van der Waals surface area contributed by atoms with Crippen molar-refractivity contribution in [1.29, 1.82) is 0 Å². The van der Waals surface area contributed by atoms with Gasteiger partial charge in [0.1, 0.15) is 5.82 Å². The van der Waals surface area contributed by atoms with Crippen LogP contribution >= 0.6 is 23.4 Å². The summed E-state index contributed by atoms with van der Waals surface area (Å²) >= 11 is 7.34. The molecule has 2 N–H and O–H groups in total. The van der Waals surface area contributed by atoms with Gasteiger partial charge in [-0.3, -0.25) is 4.79 Å². The van der Waals surface area contributed by atoms with Crippen LogP contribution in [0.15, 0.2) is 53.4 Å². The molecule has 0 atom stereocenters. The number of halogens is 1. The van der Waals surface area contributed by atoms with Gasteiger partial charge in [0.25, 0.3) is 0 Å². The molecule has 0 saturated heterocycles. The van der Waals surface area contributed by atoms with E-state index in [9.17, 15) is 4.79 Å². The average molecular weight is 360 g/mol. The van der Waals surface area contributed by atoms with Crippen LogP contribution in [0.4, 0.5) is 0 Å². The number of benzene rings is 2. The Morgan fingerprint density at radius 3 is 2.75 bits per heavy atom. The number of hydrogen-bond acceptors (Lipinski definition) is 3. The maximum Gasteiger partial charge on any atom is 0.230 e. The van der Waals surface area contributed by atoms with Crippen molar-refractivity contribution >= 4 is 40.3 Å². The molecular formula is C18H18ClN3OS. The fraction of sp³-hybridized carbons (Fsp3) is 0.222. The van der Waals surface area contributed by atoms with Crippen LogP contribution in [0.2, 0.25) is 5.02 Å². The fourth-order valence-corrected chi connectivity index (χ4v) is 3.19. The van der Waals surface area contributed by atoms with E-state index in [2.05, 4.69) is 15.3 Å². The fourth-order valence-electron chi connectivity index (χ4n) is 2.34. The lowest BCUT2D eigenvalue weighted by Crippen LogP contribution is -2.26. The maximum atomic E-state index is 11.9. The third-order valence-corrected chi connectivity index (χ3v) is 4.80. The van der Waals surface area contributed by atoms with Crippen molar-refractivity contribution in [3.05, 3.63) is 59.4 Å². The highest BCUT2D eigenvalue weighted by atomic mass is 35.5. The molecule has 24 heavy (non-hydrogen) atoms. The van der Waals surface area contributed by atoms with Crippen LogP contribution in [0.5, 0.6) is 0 Å². The average Bonchev–Trinajstić information content (AvgIpc) is 3.01. The number of fused-ring (bicyclic) bond motifs is 1. The third kappa shape index (κ3) is 4.76. The zero-order valence-corrected chi connectivity index (χ0v) is 14.7. The van der Waals surface area contributed by atoms with E-state index < -0.39 is 0 Å². The Bertz CT molecular complexity index is 784. The lowest BCUT2D eigenvalue weighted by atomic mass is 10.3. The van der Waals surface area contributed by atoms with Gasteiger partial charge in [0.05, 0.1) is 16.8 Å². The van der Waals surface area contributed by atoms with Gasteiger partial charge in [0.2, 0.25) is 5.91 Å². The van der Waals surface area contributed by atoms with E-state index >= 15 is 0 Å². The van der Waals surface area contributed by atoms with Crippen LogP contribution in [-0.2, 0) is 11.2 Å². The lowest BCUT2D eigenvalue weighted by molar-refractivity contribution is -0.118. The summed E-state index contributed by atoms with van der Waals surface area (Å²) in [6.45, 7) is 0.650. The molecule has 0 spiro atoms. The Morgan fingerprint density at radius 1 is 1.17 bits per heavy atom. The van der Waals surface area contributed by atoms with Crippen LogP contribution in [0.1, 0.15) is 12.2 Å². The first kappa shape index (κ1) is 16.9. The molecule has 2 aromatic carbocycles.